The second kappa shape index (κ2) is 18.7. The predicted molar refractivity (Wildman–Crippen MR) is 305 cm³/mol. The quantitative estimate of drug-likeness (QED) is 0.0932. The Hall–Kier alpha value is -8.12. The largest absolute Gasteiger partial charge is 0.532 e. The summed E-state index contributed by atoms with van der Waals surface area (Å²) in [7, 11) is -6.52. The van der Waals surface area contributed by atoms with Crippen molar-refractivity contribution in [2.45, 2.75) is 64.1 Å². The topological polar surface area (TPSA) is 78.1 Å². The minimum Gasteiger partial charge on any atom is -0.532 e. The molecule has 0 unspecified atom stereocenters. The van der Waals surface area contributed by atoms with E-state index in [9.17, 15) is 4.79 Å². The first-order valence-electron chi connectivity index (χ1n) is 25.4. The molecule has 2 aliphatic rings. The standard InChI is InChI=1S/C65H60N2O5Si2/c1-45-27-26-40-52-57(45)62(68)70-65(52)53-41-43-55(71-73(63(2,3)4,48-32-18-10-19-33-48)49-34-20-11-21-35-49)58(66-46-28-14-8-15-29-46)60(53)69-61-54(65)42-44-56(59(61)67-47-30-16-9-17-31-47)72-74(64(5,6)7,50-36-22-12-23-37-50)51-38-24-13-25-39-51/h8-44,66-67H,1-7H3. The summed E-state index contributed by atoms with van der Waals surface area (Å²) in [5.74, 6) is 1.68. The van der Waals surface area contributed by atoms with Crippen molar-refractivity contribution in [2.75, 3.05) is 10.6 Å². The van der Waals surface area contributed by atoms with E-state index in [1.165, 1.54) is 0 Å². The van der Waals surface area contributed by atoms with E-state index in [1.807, 2.05) is 110 Å². The molecule has 9 aromatic carbocycles. The number of rotatable bonds is 12. The molecule has 0 radical (unpaired) electrons. The van der Waals surface area contributed by atoms with Crippen LogP contribution in [0.15, 0.2) is 224 Å². The number of hydrogen-bond donors (Lipinski definition) is 2. The fourth-order valence-electron chi connectivity index (χ4n) is 11.4. The highest BCUT2D eigenvalue weighted by Crippen LogP contribution is 2.63. The molecule has 1 spiro atoms. The maximum absolute atomic E-state index is 14.8. The van der Waals surface area contributed by atoms with Gasteiger partial charge in [-0.1, -0.05) is 217 Å². The molecule has 2 heterocycles. The van der Waals surface area contributed by atoms with Gasteiger partial charge in [-0.05, 0) is 91.8 Å². The van der Waals surface area contributed by atoms with Crippen molar-refractivity contribution >= 4 is 66.1 Å². The molecule has 11 rings (SSSR count). The number of benzene rings is 9. The fraction of sp³-hybridized carbons (Fsp3) is 0.154. The van der Waals surface area contributed by atoms with Crippen LogP contribution in [0.5, 0.6) is 23.0 Å². The number of carbonyl (C=O) groups excluding carboxylic acids is 1. The van der Waals surface area contributed by atoms with Gasteiger partial charge in [0.1, 0.15) is 22.9 Å². The lowest BCUT2D eigenvalue weighted by Crippen LogP contribution is -2.68. The second-order valence-corrected chi connectivity index (χ2v) is 29.8. The molecule has 7 nitrogen and oxygen atoms in total. The van der Waals surface area contributed by atoms with Crippen LogP contribution in [0.3, 0.4) is 0 Å². The van der Waals surface area contributed by atoms with Crippen LogP contribution in [0, 0.1) is 6.92 Å². The highest BCUT2D eigenvalue weighted by molar-refractivity contribution is 7.00. The fourth-order valence-corrected chi connectivity index (χ4v) is 20.2. The summed E-state index contributed by atoms with van der Waals surface area (Å²) in [6.07, 6.45) is 0. The Morgan fingerprint density at radius 1 is 0.419 bits per heavy atom. The average molecular weight is 1010 g/mol. The van der Waals surface area contributed by atoms with Gasteiger partial charge in [-0.25, -0.2) is 4.79 Å². The molecule has 2 aliphatic heterocycles. The minimum atomic E-state index is -3.26. The number of para-hydroxylation sites is 2. The molecule has 9 aromatic rings. The Kier molecular flexibility index (Phi) is 12.2. The Balaban J connectivity index is 1.23. The van der Waals surface area contributed by atoms with E-state index in [0.29, 0.717) is 51.1 Å². The van der Waals surface area contributed by atoms with Crippen LogP contribution in [0.25, 0.3) is 0 Å². The zero-order valence-corrected chi connectivity index (χ0v) is 44.9. The van der Waals surface area contributed by atoms with E-state index in [2.05, 4.69) is 174 Å². The highest BCUT2D eigenvalue weighted by atomic mass is 28.4. The Morgan fingerprint density at radius 3 is 1.12 bits per heavy atom. The van der Waals surface area contributed by atoms with E-state index in [1.54, 1.807) is 0 Å². The molecule has 368 valence electrons. The Labute approximate surface area is 437 Å². The molecule has 0 aliphatic carbocycles. The molecule has 0 amide bonds. The van der Waals surface area contributed by atoms with Crippen LogP contribution in [0.2, 0.25) is 10.1 Å². The number of ether oxygens (including phenoxy) is 2. The van der Waals surface area contributed by atoms with Gasteiger partial charge in [0.2, 0.25) is 0 Å². The number of esters is 1. The van der Waals surface area contributed by atoms with Gasteiger partial charge in [-0.15, -0.1) is 0 Å². The average Bonchev–Trinajstić information content (AvgIpc) is 3.72. The van der Waals surface area contributed by atoms with Crippen LogP contribution in [-0.4, -0.2) is 22.6 Å². The molecule has 0 saturated heterocycles. The van der Waals surface area contributed by atoms with Gasteiger partial charge < -0.3 is 29.0 Å². The summed E-state index contributed by atoms with van der Waals surface area (Å²) in [6.45, 7) is 15.6. The molecule has 0 aromatic heterocycles. The summed E-state index contributed by atoms with van der Waals surface area (Å²) >= 11 is 0. The van der Waals surface area contributed by atoms with Gasteiger partial charge in [-0.2, -0.15) is 0 Å². The molecule has 0 bridgehead atoms. The number of nitrogens with one attached hydrogen (secondary N) is 2. The third-order valence-corrected chi connectivity index (χ3v) is 24.6. The second-order valence-electron chi connectivity index (χ2n) is 21.3. The van der Waals surface area contributed by atoms with Crippen LogP contribution < -0.4 is 45.0 Å². The first kappa shape index (κ1) is 48.2. The monoisotopic (exact) mass is 1000 g/mol. The summed E-state index contributed by atoms with van der Waals surface area (Å²) in [5, 5.41) is 11.4. The zero-order valence-electron chi connectivity index (χ0n) is 42.9. The number of carbonyl (C=O) groups is 1. The first-order valence-corrected chi connectivity index (χ1v) is 29.2. The number of hydrogen-bond acceptors (Lipinski definition) is 7. The molecular weight excluding hydrogens is 945 g/mol. The van der Waals surface area contributed by atoms with Crippen molar-refractivity contribution in [3.8, 4) is 23.0 Å². The molecule has 0 atom stereocenters. The van der Waals surface area contributed by atoms with Gasteiger partial charge in [0.05, 0.1) is 16.7 Å². The van der Waals surface area contributed by atoms with Crippen LogP contribution in [-0.2, 0) is 10.3 Å². The van der Waals surface area contributed by atoms with E-state index < -0.39 is 28.2 Å². The molecule has 9 heteroatoms. The predicted octanol–water partition coefficient (Wildman–Crippen LogP) is 13.9. The molecule has 0 fully saturated rings. The SMILES string of the molecule is Cc1cccc2c1C(=O)OC21c2ccc(O[Si](c3ccccc3)(c3ccccc3)C(C)(C)C)c(Nc3ccccc3)c2Oc2c1ccc(O[Si](c1ccccc1)(c1ccccc1)C(C)(C)C)c2Nc1ccccc1. The minimum absolute atomic E-state index is 0.373. The lowest BCUT2D eigenvalue weighted by Gasteiger charge is -2.44. The summed E-state index contributed by atoms with van der Waals surface area (Å²) in [6, 6.07) is 76.8. The van der Waals surface area contributed by atoms with Gasteiger partial charge in [0.25, 0.3) is 0 Å². The number of aryl methyl sites for hydroxylation is 1. The molecular formula is C65H60N2O5Si2. The van der Waals surface area contributed by atoms with Crippen LogP contribution in [0.1, 0.15) is 74.2 Å². The van der Waals surface area contributed by atoms with Crippen molar-refractivity contribution in [3.63, 3.8) is 0 Å². The highest BCUT2D eigenvalue weighted by Gasteiger charge is 2.58. The smallest absolute Gasteiger partial charge is 0.340 e. The first-order chi connectivity index (χ1) is 35.8. The summed E-state index contributed by atoms with van der Waals surface area (Å²) in [4.78, 5) is 14.8. The lowest BCUT2D eigenvalue weighted by atomic mass is 9.76. The number of anilines is 4. The van der Waals surface area contributed by atoms with Crippen molar-refractivity contribution in [1.82, 2.24) is 0 Å². The van der Waals surface area contributed by atoms with Crippen molar-refractivity contribution in [1.29, 1.82) is 0 Å². The third kappa shape index (κ3) is 7.89. The Bertz CT molecular complexity index is 3210. The molecule has 2 N–H and O–H groups in total. The van der Waals surface area contributed by atoms with Gasteiger partial charge >= 0.3 is 22.6 Å². The molecule has 0 saturated carbocycles. The van der Waals surface area contributed by atoms with Gasteiger partial charge in [-0.3, -0.25) is 0 Å². The normalized spacial score (nSPS) is 13.7. The zero-order chi connectivity index (χ0) is 51.3. The molecule has 74 heavy (non-hydrogen) atoms. The van der Waals surface area contributed by atoms with Crippen LogP contribution in [0.4, 0.5) is 22.7 Å². The van der Waals surface area contributed by atoms with Crippen molar-refractivity contribution in [3.05, 3.63) is 252 Å². The lowest BCUT2D eigenvalue weighted by molar-refractivity contribution is 0.0224. The summed E-state index contributed by atoms with van der Waals surface area (Å²) < 4.78 is 30.7. The van der Waals surface area contributed by atoms with Crippen LogP contribution >= 0.6 is 0 Å². The van der Waals surface area contributed by atoms with E-state index in [0.717, 1.165) is 43.2 Å². The van der Waals surface area contributed by atoms with E-state index >= 15 is 0 Å². The van der Waals surface area contributed by atoms with Gasteiger partial charge in [0.15, 0.2) is 17.1 Å². The van der Waals surface area contributed by atoms with Crippen molar-refractivity contribution < 1.29 is 23.1 Å². The Morgan fingerprint density at radius 2 is 0.770 bits per heavy atom. The summed E-state index contributed by atoms with van der Waals surface area (Å²) in [5.41, 5.74) is 4.75. The van der Waals surface area contributed by atoms with Crippen molar-refractivity contribution in [2.24, 2.45) is 0 Å². The third-order valence-electron chi connectivity index (χ3n) is 14.7. The van der Waals surface area contributed by atoms with E-state index in [4.69, 9.17) is 18.3 Å². The van der Waals surface area contributed by atoms with Gasteiger partial charge in [0, 0.05) is 16.9 Å². The maximum atomic E-state index is 14.8. The maximum Gasteiger partial charge on any atom is 0.340 e. The number of fused-ring (bicyclic) bond motifs is 6. The van der Waals surface area contributed by atoms with E-state index in [-0.39, 0.29) is 10.1 Å².